The van der Waals surface area contributed by atoms with Crippen molar-refractivity contribution in [2.45, 2.75) is 33.4 Å². The maximum Gasteiger partial charge on any atom is 0.223 e. The maximum atomic E-state index is 5.95. The smallest absolute Gasteiger partial charge is 0.223 e. The summed E-state index contributed by atoms with van der Waals surface area (Å²) in [7, 11) is 0. The second-order valence-corrected chi connectivity index (χ2v) is 6.97. The van der Waals surface area contributed by atoms with Gasteiger partial charge in [-0.25, -0.2) is 4.98 Å². The van der Waals surface area contributed by atoms with Gasteiger partial charge < -0.3 is 9.84 Å². The first-order valence-corrected chi connectivity index (χ1v) is 8.48. The lowest BCUT2D eigenvalue weighted by atomic mass is 10.1. The molecule has 3 rings (SSSR count). The predicted octanol–water partition coefficient (Wildman–Crippen LogP) is 4.31. The minimum atomic E-state index is 0.110. The van der Waals surface area contributed by atoms with Gasteiger partial charge in [-0.05, 0) is 26.0 Å². The van der Waals surface area contributed by atoms with Crippen molar-refractivity contribution in [3.63, 3.8) is 0 Å². The van der Waals surface area contributed by atoms with Crippen molar-refractivity contribution < 1.29 is 4.52 Å². The molecule has 0 aliphatic carbocycles. The average molecular weight is 349 g/mol. The molecule has 7 heteroatoms. The monoisotopic (exact) mass is 348 g/mol. The first kappa shape index (κ1) is 16.1. The zero-order valence-electron chi connectivity index (χ0n) is 13.1. The zero-order valence-corrected chi connectivity index (χ0v) is 14.7. The van der Waals surface area contributed by atoms with Gasteiger partial charge in [0.05, 0.1) is 18.3 Å². The molecular weight excluding hydrogens is 332 g/mol. The minimum absolute atomic E-state index is 0.110. The van der Waals surface area contributed by atoms with E-state index in [9.17, 15) is 0 Å². The van der Waals surface area contributed by atoms with Crippen LogP contribution >= 0.6 is 22.9 Å². The summed E-state index contributed by atoms with van der Waals surface area (Å²) in [6.07, 6.45) is 0. The molecule has 0 unspecified atom stereocenters. The summed E-state index contributed by atoms with van der Waals surface area (Å²) in [5.74, 6) is 1.23. The minimum Gasteiger partial charge on any atom is -0.340 e. The highest BCUT2D eigenvalue weighted by Crippen LogP contribution is 2.31. The van der Waals surface area contributed by atoms with Gasteiger partial charge in [0.25, 0.3) is 0 Å². The number of thiazole rings is 1. The van der Waals surface area contributed by atoms with E-state index in [-0.39, 0.29) is 6.04 Å². The van der Waals surface area contributed by atoms with E-state index in [4.69, 9.17) is 21.1 Å². The molecule has 2 heterocycles. The van der Waals surface area contributed by atoms with E-state index in [1.54, 1.807) is 18.3 Å². The van der Waals surface area contributed by atoms with Crippen LogP contribution in [-0.4, -0.2) is 15.1 Å². The van der Waals surface area contributed by atoms with Crippen LogP contribution in [0.15, 0.2) is 28.8 Å². The van der Waals surface area contributed by atoms with Gasteiger partial charge in [0.15, 0.2) is 5.82 Å². The molecule has 2 aromatic heterocycles. The Morgan fingerprint density at radius 2 is 1.96 bits per heavy atom. The van der Waals surface area contributed by atoms with E-state index in [1.165, 1.54) is 4.88 Å². The van der Waals surface area contributed by atoms with E-state index in [1.807, 2.05) is 24.3 Å². The van der Waals surface area contributed by atoms with Gasteiger partial charge in [0, 0.05) is 22.4 Å². The van der Waals surface area contributed by atoms with Crippen LogP contribution in [0.2, 0.25) is 5.02 Å². The van der Waals surface area contributed by atoms with Crippen molar-refractivity contribution in [3.8, 4) is 11.3 Å². The van der Waals surface area contributed by atoms with Gasteiger partial charge in [-0.15, -0.1) is 11.3 Å². The van der Waals surface area contributed by atoms with Gasteiger partial charge in [0.2, 0.25) is 5.89 Å². The zero-order chi connectivity index (χ0) is 16.4. The molecule has 0 amide bonds. The van der Waals surface area contributed by atoms with Gasteiger partial charge in [-0.2, -0.15) is 4.98 Å². The van der Waals surface area contributed by atoms with Crippen LogP contribution in [0, 0.1) is 13.8 Å². The summed E-state index contributed by atoms with van der Waals surface area (Å²) in [4.78, 5) is 10.1. The lowest BCUT2D eigenvalue weighted by molar-refractivity contribution is 0.384. The Morgan fingerprint density at radius 3 is 2.61 bits per heavy atom. The van der Waals surface area contributed by atoms with Crippen LogP contribution in [0.1, 0.15) is 34.6 Å². The fourth-order valence-corrected chi connectivity index (χ4v) is 3.32. The highest BCUT2D eigenvalue weighted by molar-refractivity contribution is 7.12. The van der Waals surface area contributed by atoms with E-state index in [0.717, 1.165) is 21.3 Å². The summed E-state index contributed by atoms with van der Waals surface area (Å²) in [6.45, 7) is 6.49. The third-order valence-corrected chi connectivity index (χ3v) is 4.84. The van der Waals surface area contributed by atoms with Crippen molar-refractivity contribution >= 4 is 22.9 Å². The van der Waals surface area contributed by atoms with Crippen LogP contribution in [0.25, 0.3) is 11.3 Å². The van der Waals surface area contributed by atoms with Crippen LogP contribution < -0.4 is 5.32 Å². The number of benzene rings is 1. The number of hydrogen-bond donors (Lipinski definition) is 1. The lowest BCUT2D eigenvalue weighted by Crippen LogP contribution is -2.18. The van der Waals surface area contributed by atoms with Crippen molar-refractivity contribution in [1.82, 2.24) is 20.4 Å². The summed E-state index contributed by atoms with van der Waals surface area (Å²) >= 11 is 7.64. The third kappa shape index (κ3) is 3.77. The Kier molecular flexibility index (Phi) is 4.75. The molecule has 120 valence electrons. The normalized spacial score (nSPS) is 12.5. The SMILES string of the molecule is Cc1nc(CN[C@@H](C)c2nc(-c3ccc(Cl)cc3)c(C)s2)no1. The van der Waals surface area contributed by atoms with E-state index >= 15 is 0 Å². The molecule has 0 saturated heterocycles. The van der Waals surface area contributed by atoms with Crippen LogP contribution in [0.4, 0.5) is 0 Å². The number of nitrogens with one attached hydrogen (secondary N) is 1. The molecule has 0 bridgehead atoms. The Labute approximate surface area is 143 Å². The van der Waals surface area contributed by atoms with Gasteiger partial charge in [-0.3, -0.25) is 0 Å². The molecule has 1 N–H and O–H groups in total. The predicted molar refractivity (Wildman–Crippen MR) is 91.6 cm³/mol. The Morgan fingerprint density at radius 1 is 1.22 bits per heavy atom. The van der Waals surface area contributed by atoms with Gasteiger partial charge in [0.1, 0.15) is 5.01 Å². The lowest BCUT2D eigenvalue weighted by Gasteiger charge is -2.08. The summed E-state index contributed by atoms with van der Waals surface area (Å²) in [5.41, 5.74) is 2.08. The molecule has 0 spiro atoms. The number of nitrogens with zero attached hydrogens (tertiary/aromatic N) is 3. The standard InChI is InChI=1S/C16H17ClN4OS/c1-9(18-8-14-19-11(3)22-21-14)16-20-15(10(2)23-16)12-4-6-13(17)7-5-12/h4-7,9,18H,8H2,1-3H3/t9-/m0/s1. The van der Waals surface area contributed by atoms with E-state index in [0.29, 0.717) is 18.3 Å². The molecule has 1 aromatic carbocycles. The second kappa shape index (κ2) is 6.78. The van der Waals surface area contributed by atoms with Crippen LogP contribution in [0.3, 0.4) is 0 Å². The van der Waals surface area contributed by atoms with Crippen molar-refractivity contribution in [3.05, 3.63) is 50.9 Å². The van der Waals surface area contributed by atoms with E-state index < -0.39 is 0 Å². The maximum absolute atomic E-state index is 5.95. The number of halogens is 1. The molecule has 1 atom stereocenters. The fourth-order valence-electron chi connectivity index (χ4n) is 2.22. The van der Waals surface area contributed by atoms with E-state index in [2.05, 4.69) is 29.3 Å². The molecule has 23 heavy (non-hydrogen) atoms. The van der Waals surface area contributed by atoms with Crippen LogP contribution in [-0.2, 0) is 6.54 Å². The van der Waals surface area contributed by atoms with Crippen LogP contribution in [0.5, 0.6) is 0 Å². The highest BCUT2D eigenvalue weighted by Gasteiger charge is 2.15. The van der Waals surface area contributed by atoms with Crippen molar-refractivity contribution in [2.75, 3.05) is 0 Å². The molecular formula is C16H17ClN4OS. The Hall–Kier alpha value is -1.76. The van der Waals surface area contributed by atoms with Gasteiger partial charge >= 0.3 is 0 Å². The number of aryl methyl sites for hydroxylation is 2. The summed E-state index contributed by atoms with van der Waals surface area (Å²) in [6, 6.07) is 7.87. The van der Waals surface area contributed by atoms with Gasteiger partial charge in [-0.1, -0.05) is 28.9 Å². The van der Waals surface area contributed by atoms with Crippen molar-refractivity contribution in [1.29, 1.82) is 0 Å². The summed E-state index contributed by atoms with van der Waals surface area (Å²) < 4.78 is 4.97. The summed E-state index contributed by atoms with van der Waals surface area (Å²) in [5, 5.41) is 9.02. The highest BCUT2D eigenvalue weighted by atomic mass is 35.5. The van der Waals surface area contributed by atoms with Crippen molar-refractivity contribution in [2.24, 2.45) is 0 Å². The molecule has 3 aromatic rings. The molecule has 0 radical (unpaired) electrons. The largest absolute Gasteiger partial charge is 0.340 e. The number of hydrogen-bond acceptors (Lipinski definition) is 6. The second-order valence-electron chi connectivity index (χ2n) is 5.30. The Bertz CT molecular complexity index is 797. The first-order chi connectivity index (χ1) is 11.0. The molecule has 0 fully saturated rings. The topological polar surface area (TPSA) is 63.8 Å². The molecule has 5 nitrogen and oxygen atoms in total. The quantitative estimate of drug-likeness (QED) is 0.744. The Balaban J connectivity index is 1.73. The first-order valence-electron chi connectivity index (χ1n) is 7.29. The number of rotatable bonds is 5. The average Bonchev–Trinajstić information content (AvgIpc) is 3.12. The fraction of sp³-hybridized carbons (Fsp3) is 0.312. The molecule has 0 aliphatic heterocycles. The molecule has 0 aliphatic rings. The number of aromatic nitrogens is 3. The molecule has 0 saturated carbocycles. The third-order valence-electron chi connectivity index (χ3n) is 3.44.